The molecule has 1 aromatic carbocycles. The molecule has 1 aliphatic rings. The van der Waals surface area contributed by atoms with Crippen molar-refractivity contribution in [3.05, 3.63) is 45.2 Å². The summed E-state index contributed by atoms with van der Waals surface area (Å²) >= 11 is 2.11. The summed E-state index contributed by atoms with van der Waals surface area (Å²) in [6.07, 6.45) is -3.64. The fourth-order valence-corrected chi connectivity index (χ4v) is 3.27. The zero-order chi connectivity index (χ0) is 17.3. The van der Waals surface area contributed by atoms with E-state index in [0.717, 1.165) is 3.57 Å². The van der Waals surface area contributed by atoms with Crippen LogP contribution in [-0.4, -0.2) is 34.1 Å². The van der Waals surface area contributed by atoms with Gasteiger partial charge in [0, 0.05) is 22.6 Å². The van der Waals surface area contributed by atoms with E-state index >= 15 is 0 Å². The van der Waals surface area contributed by atoms with Crippen LogP contribution in [0.5, 0.6) is 0 Å². The summed E-state index contributed by atoms with van der Waals surface area (Å²) in [5.41, 5.74) is 0.633. The van der Waals surface area contributed by atoms with Crippen LogP contribution in [0, 0.1) is 3.57 Å². The lowest BCUT2D eigenvalue weighted by molar-refractivity contribution is -0.157. The van der Waals surface area contributed by atoms with Crippen molar-refractivity contribution in [1.29, 1.82) is 0 Å². The molecule has 0 N–H and O–H groups in total. The number of benzene rings is 1. The second-order valence-corrected chi connectivity index (χ2v) is 6.65. The third kappa shape index (κ3) is 3.55. The van der Waals surface area contributed by atoms with Crippen molar-refractivity contribution in [3.8, 4) is 0 Å². The summed E-state index contributed by atoms with van der Waals surface area (Å²) in [5, 5.41) is 6.56. The first-order valence-electron chi connectivity index (χ1n) is 7.30. The Morgan fingerprint density at radius 2 is 1.88 bits per heavy atom. The molecule has 128 valence electrons. The third-order valence-electron chi connectivity index (χ3n) is 3.92. The Balaban J connectivity index is 1.65. The number of piperidine rings is 1. The molecular formula is C15H13F3IN3O2. The van der Waals surface area contributed by atoms with E-state index in [1.807, 2.05) is 12.1 Å². The number of rotatable bonds is 2. The van der Waals surface area contributed by atoms with Crippen LogP contribution in [0.4, 0.5) is 13.2 Å². The van der Waals surface area contributed by atoms with E-state index < -0.39 is 12.1 Å². The number of amides is 1. The highest BCUT2D eigenvalue weighted by molar-refractivity contribution is 14.1. The van der Waals surface area contributed by atoms with E-state index in [-0.39, 0.29) is 17.7 Å². The van der Waals surface area contributed by atoms with Crippen LogP contribution in [0.2, 0.25) is 0 Å². The summed E-state index contributed by atoms with van der Waals surface area (Å²) < 4.78 is 43.1. The van der Waals surface area contributed by atoms with Gasteiger partial charge in [0.15, 0.2) is 0 Å². The first-order valence-corrected chi connectivity index (χ1v) is 8.38. The Kier molecular flexibility index (Phi) is 4.79. The number of alkyl halides is 3. The molecule has 0 aliphatic carbocycles. The van der Waals surface area contributed by atoms with Crippen molar-refractivity contribution in [1.82, 2.24) is 15.1 Å². The van der Waals surface area contributed by atoms with Gasteiger partial charge in [0.2, 0.25) is 5.89 Å². The van der Waals surface area contributed by atoms with E-state index in [4.69, 9.17) is 4.42 Å². The molecule has 1 aromatic heterocycles. The van der Waals surface area contributed by atoms with Gasteiger partial charge in [0.1, 0.15) is 0 Å². The van der Waals surface area contributed by atoms with Crippen LogP contribution in [0.3, 0.4) is 0 Å². The van der Waals surface area contributed by atoms with Crippen LogP contribution in [0.15, 0.2) is 28.7 Å². The molecule has 1 saturated heterocycles. The molecule has 0 bridgehead atoms. The van der Waals surface area contributed by atoms with E-state index in [1.54, 1.807) is 17.0 Å². The number of nitrogens with zero attached hydrogens (tertiary/aromatic N) is 3. The molecule has 24 heavy (non-hydrogen) atoms. The Labute approximate surface area is 149 Å². The van der Waals surface area contributed by atoms with E-state index in [0.29, 0.717) is 31.5 Å². The topological polar surface area (TPSA) is 59.2 Å². The SMILES string of the molecule is O=C(c1ccccc1I)N1CCC(c2nnc(C(F)(F)F)o2)CC1. The third-order valence-corrected chi connectivity index (χ3v) is 4.86. The van der Waals surface area contributed by atoms with Crippen molar-refractivity contribution in [2.24, 2.45) is 0 Å². The first kappa shape index (κ1) is 17.2. The maximum Gasteiger partial charge on any atom is 0.470 e. The number of hydrogen-bond donors (Lipinski definition) is 0. The lowest BCUT2D eigenvalue weighted by Gasteiger charge is -2.30. The molecule has 0 atom stereocenters. The number of carbonyl (C=O) groups excluding carboxylic acids is 1. The zero-order valence-corrected chi connectivity index (χ0v) is 14.5. The summed E-state index contributed by atoms with van der Waals surface area (Å²) in [6, 6.07) is 7.29. The highest BCUT2D eigenvalue weighted by Crippen LogP contribution is 2.32. The normalized spacial score (nSPS) is 16.4. The first-order chi connectivity index (χ1) is 11.4. The zero-order valence-electron chi connectivity index (χ0n) is 12.4. The van der Waals surface area contributed by atoms with Crippen LogP contribution < -0.4 is 0 Å². The standard InChI is InChI=1S/C15H13F3IN3O2/c16-15(17,18)14-21-20-12(24-14)9-5-7-22(8-6-9)13(23)10-3-1-2-4-11(10)19/h1-4,9H,5-8H2. The van der Waals surface area contributed by atoms with Gasteiger partial charge in [-0.1, -0.05) is 12.1 Å². The Bertz CT molecular complexity index is 740. The van der Waals surface area contributed by atoms with Crippen LogP contribution in [-0.2, 0) is 6.18 Å². The highest BCUT2D eigenvalue weighted by atomic mass is 127. The van der Waals surface area contributed by atoms with Crippen molar-refractivity contribution >= 4 is 28.5 Å². The van der Waals surface area contributed by atoms with Crippen molar-refractivity contribution in [2.75, 3.05) is 13.1 Å². The number of hydrogen-bond acceptors (Lipinski definition) is 4. The minimum atomic E-state index is -4.63. The van der Waals surface area contributed by atoms with Gasteiger partial charge >= 0.3 is 12.1 Å². The fraction of sp³-hybridized carbons (Fsp3) is 0.400. The van der Waals surface area contributed by atoms with Gasteiger partial charge in [-0.3, -0.25) is 4.79 Å². The van der Waals surface area contributed by atoms with Crippen molar-refractivity contribution in [3.63, 3.8) is 0 Å². The maximum absolute atomic E-state index is 12.5. The summed E-state index contributed by atoms with van der Waals surface area (Å²) in [5.74, 6) is -1.66. The van der Waals surface area contributed by atoms with Gasteiger partial charge in [-0.05, 0) is 47.6 Å². The largest absolute Gasteiger partial charge is 0.470 e. The molecule has 5 nitrogen and oxygen atoms in total. The van der Waals surface area contributed by atoms with E-state index in [1.165, 1.54) is 0 Å². The predicted octanol–water partition coefficient (Wildman–Crippen LogP) is 3.71. The monoisotopic (exact) mass is 451 g/mol. The molecule has 2 heterocycles. The molecule has 2 aromatic rings. The van der Waals surface area contributed by atoms with Gasteiger partial charge in [-0.25, -0.2) is 0 Å². The lowest BCUT2D eigenvalue weighted by Crippen LogP contribution is -2.38. The fourth-order valence-electron chi connectivity index (χ4n) is 2.65. The average Bonchev–Trinajstić information content (AvgIpc) is 3.05. The molecule has 9 heteroatoms. The minimum absolute atomic E-state index is 0.0104. The molecule has 1 aliphatic heterocycles. The quantitative estimate of drug-likeness (QED) is 0.654. The minimum Gasteiger partial charge on any atom is -0.417 e. The van der Waals surface area contributed by atoms with Crippen LogP contribution in [0.1, 0.15) is 40.9 Å². The highest BCUT2D eigenvalue weighted by Gasteiger charge is 2.39. The maximum atomic E-state index is 12.5. The van der Waals surface area contributed by atoms with E-state index in [9.17, 15) is 18.0 Å². The van der Waals surface area contributed by atoms with Gasteiger partial charge in [-0.2, -0.15) is 13.2 Å². The number of halogens is 4. The second kappa shape index (κ2) is 6.69. The smallest absolute Gasteiger partial charge is 0.417 e. The molecule has 0 radical (unpaired) electrons. The Morgan fingerprint density at radius 3 is 2.46 bits per heavy atom. The predicted molar refractivity (Wildman–Crippen MR) is 86.3 cm³/mol. The van der Waals surface area contributed by atoms with Gasteiger partial charge in [0.05, 0.1) is 5.56 Å². The van der Waals surface area contributed by atoms with Gasteiger partial charge < -0.3 is 9.32 Å². The molecule has 3 rings (SSSR count). The Morgan fingerprint density at radius 1 is 1.21 bits per heavy atom. The van der Waals surface area contributed by atoms with Crippen LogP contribution in [0.25, 0.3) is 0 Å². The van der Waals surface area contributed by atoms with Crippen molar-refractivity contribution < 1.29 is 22.4 Å². The molecule has 1 amide bonds. The molecule has 0 saturated carbocycles. The number of carbonyl (C=O) groups is 1. The Hall–Kier alpha value is -1.65. The summed E-state index contributed by atoms with van der Waals surface area (Å²) in [6.45, 7) is 0.885. The second-order valence-electron chi connectivity index (χ2n) is 5.49. The lowest BCUT2D eigenvalue weighted by atomic mass is 9.96. The van der Waals surface area contributed by atoms with Gasteiger partial charge in [0.25, 0.3) is 5.91 Å². The molecule has 1 fully saturated rings. The molecular weight excluding hydrogens is 438 g/mol. The number of aromatic nitrogens is 2. The van der Waals surface area contributed by atoms with Gasteiger partial charge in [-0.15, -0.1) is 10.2 Å². The molecule has 0 unspecified atom stereocenters. The van der Waals surface area contributed by atoms with E-state index in [2.05, 4.69) is 32.8 Å². The summed E-state index contributed by atoms with van der Waals surface area (Å²) in [7, 11) is 0. The average molecular weight is 451 g/mol. The summed E-state index contributed by atoms with van der Waals surface area (Å²) in [4.78, 5) is 14.2. The van der Waals surface area contributed by atoms with Crippen molar-refractivity contribution in [2.45, 2.75) is 24.9 Å². The molecule has 0 spiro atoms. The van der Waals surface area contributed by atoms with Crippen LogP contribution >= 0.6 is 22.6 Å². The number of likely N-dealkylation sites (tertiary alicyclic amines) is 1.